The number of nitrogens with zero attached hydrogens (tertiary/aromatic N) is 1. The molecule has 0 heterocycles. The van der Waals surface area contributed by atoms with Crippen LogP contribution >= 0.6 is 0 Å². The SMILES string of the molecule is CC[C@H](C)NS(=O)(=O)c1ccc(S(=O)(=O)N(Cc2ccccc2)Cc2ccccc2F)cc1. The molecule has 3 aromatic rings. The predicted octanol–water partition coefficient (Wildman–Crippen LogP) is 4.29. The van der Waals surface area contributed by atoms with Gasteiger partial charge in [-0.05, 0) is 49.2 Å². The van der Waals surface area contributed by atoms with Gasteiger partial charge in [0.25, 0.3) is 0 Å². The van der Waals surface area contributed by atoms with Gasteiger partial charge >= 0.3 is 0 Å². The third kappa shape index (κ3) is 6.26. The third-order valence-electron chi connectivity index (χ3n) is 5.25. The van der Waals surface area contributed by atoms with Crippen LogP contribution in [0.2, 0.25) is 0 Å². The molecule has 0 spiro atoms. The second-order valence-electron chi connectivity index (χ2n) is 7.75. The Morgan fingerprint density at radius 1 is 0.818 bits per heavy atom. The maximum Gasteiger partial charge on any atom is 0.243 e. The topological polar surface area (TPSA) is 83.5 Å². The van der Waals surface area contributed by atoms with Crippen LogP contribution in [0.5, 0.6) is 0 Å². The molecule has 176 valence electrons. The fraction of sp³-hybridized carbons (Fsp3) is 0.250. The number of halogens is 1. The highest BCUT2D eigenvalue weighted by Gasteiger charge is 2.27. The molecule has 0 saturated heterocycles. The molecule has 0 aliphatic carbocycles. The van der Waals surface area contributed by atoms with Gasteiger partial charge in [-0.3, -0.25) is 0 Å². The minimum Gasteiger partial charge on any atom is -0.208 e. The van der Waals surface area contributed by atoms with Gasteiger partial charge in [0.05, 0.1) is 9.79 Å². The van der Waals surface area contributed by atoms with Gasteiger partial charge in [-0.1, -0.05) is 55.5 Å². The molecule has 0 unspecified atom stereocenters. The van der Waals surface area contributed by atoms with E-state index in [1.807, 2.05) is 13.0 Å². The van der Waals surface area contributed by atoms with Crippen molar-refractivity contribution in [3.05, 3.63) is 95.8 Å². The van der Waals surface area contributed by atoms with Crippen LogP contribution in [0.4, 0.5) is 4.39 Å². The molecule has 0 fully saturated rings. The summed E-state index contributed by atoms with van der Waals surface area (Å²) >= 11 is 0. The smallest absolute Gasteiger partial charge is 0.208 e. The Labute approximate surface area is 195 Å². The Bertz CT molecular complexity index is 1280. The van der Waals surface area contributed by atoms with Crippen LogP contribution in [-0.2, 0) is 33.1 Å². The summed E-state index contributed by atoms with van der Waals surface area (Å²) in [7, 11) is -7.82. The van der Waals surface area contributed by atoms with Gasteiger partial charge in [-0.25, -0.2) is 25.9 Å². The summed E-state index contributed by atoms with van der Waals surface area (Å²) in [4.78, 5) is -0.0947. The van der Waals surface area contributed by atoms with E-state index < -0.39 is 25.9 Å². The lowest BCUT2D eigenvalue weighted by molar-refractivity contribution is 0.394. The van der Waals surface area contributed by atoms with E-state index in [1.54, 1.807) is 49.4 Å². The molecule has 0 aliphatic heterocycles. The zero-order valence-electron chi connectivity index (χ0n) is 18.5. The molecule has 0 saturated carbocycles. The van der Waals surface area contributed by atoms with Crippen LogP contribution in [0, 0.1) is 5.82 Å². The van der Waals surface area contributed by atoms with Crippen molar-refractivity contribution in [2.75, 3.05) is 0 Å². The highest BCUT2D eigenvalue weighted by molar-refractivity contribution is 7.89. The second-order valence-corrected chi connectivity index (χ2v) is 11.4. The lowest BCUT2D eigenvalue weighted by Crippen LogP contribution is -2.32. The molecule has 3 rings (SSSR count). The van der Waals surface area contributed by atoms with Gasteiger partial charge < -0.3 is 0 Å². The van der Waals surface area contributed by atoms with E-state index in [2.05, 4.69) is 4.72 Å². The first-order valence-corrected chi connectivity index (χ1v) is 13.5. The summed E-state index contributed by atoms with van der Waals surface area (Å²) in [6.07, 6.45) is 0.621. The summed E-state index contributed by atoms with van der Waals surface area (Å²) in [5.41, 5.74) is 0.989. The third-order valence-corrected chi connectivity index (χ3v) is 8.66. The Morgan fingerprint density at radius 3 is 2.00 bits per heavy atom. The first kappa shape index (κ1) is 25.0. The summed E-state index contributed by atoms with van der Waals surface area (Å²) in [6.45, 7) is 3.48. The lowest BCUT2D eigenvalue weighted by Gasteiger charge is -2.23. The van der Waals surface area contributed by atoms with Crippen molar-refractivity contribution >= 4 is 20.0 Å². The van der Waals surface area contributed by atoms with Crippen molar-refractivity contribution in [2.45, 2.75) is 49.2 Å². The van der Waals surface area contributed by atoms with E-state index in [0.29, 0.717) is 6.42 Å². The van der Waals surface area contributed by atoms with Crippen molar-refractivity contribution < 1.29 is 21.2 Å². The standard InChI is InChI=1S/C24H27FN2O4S2/c1-3-19(2)26-32(28,29)22-13-15-23(16-14-22)33(30,31)27(17-20-9-5-4-6-10-20)18-21-11-7-8-12-24(21)25/h4-16,19,26H,3,17-18H2,1-2H3/t19-/m0/s1. The number of sulfonamides is 2. The maximum absolute atomic E-state index is 14.3. The fourth-order valence-electron chi connectivity index (χ4n) is 3.19. The Kier molecular flexibility index (Phi) is 8.01. The molecule has 0 bridgehead atoms. The highest BCUT2D eigenvalue weighted by Crippen LogP contribution is 2.23. The van der Waals surface area contributed by atoms with Crippen molar-refractivity contribution in [3.63, 3.8) is 0 Å². The van der Waals surface area contributed by atoms with E-state index in [-0.39, 0.29) is 34.5 Å². The number of hydrogen-bond donors (Lipinski definition) is 1. The number of rotatable bonds is 10. The first-order chi connectivity index (χ1) is 15.6. The monoisotopic (exact) mass is 490 g/mol. The predicted molar refractivity (Wildman–Crippen MR) is 126 cm³/mol. The van der Waals surface area contributed by atoms with Crippen LogP contribution < -0.4 is 4.72 Å². The zero-order valence-corrected chi connectivity index (χ0v) is 20.1. The van der Waals surface area contributed by atoms with Crippen molar-refractivity contribution in [2.24, 2.45) is 0 Å². The van der Waals surface area contributed by atoms with Crippen LogP contribution in [0.25, 0.3) is 0 Å². The molecular formula is C24H27FN2O4S2. The fourth-order valence-corrected chi connectivity index (χ4v) is 5.92. The van der Waals surface area contributed by atoms with E-state index >= 15 is 0 Å². The molecule has 0 aliphatic rings. The zero-order chi connectivity index (χ0) is 24.1. The summed E-state index contributed by atoms with van der Waals surface area (Å²) < 4.78 is 70.0. The lowest BCUT2D eigenvalue weighted by atomic mass is 10.2. The maximum atomic E-state index is 14.3. The number of hydrogen-bond acceptors (Lipinski definition) is 4. The first-order valence-electron chi connectivity index (χ1n) is 10.5. The quantitative estimate of drug-likeness (QED) is 0.460. The summed E-state index contributed by atoms with van der Waals surface area (Å²) in [5.74, 6) is -0.497. The molecule has 0 radical (unpaired) electrons. The normalized spacial score (nSPS) is 13.2. The second kappa shape index (κ2) is 10.6. The van der Waals surface area contributed by atoms with Gasteiger partial charge in [0, 0.05) is 24.7 Å². The average molecular weight is 491 g/mol. The molecule has 0 amide bonds. The minimum absolute atomic E-state index is 0.0227. The van der Waals surface area contributed by atoms with E-state index in [0.717, 1.165) is 5.56 Å². The molecule has 33 heavy (non-hydrogen) atoms. The minimum atomic E-state index is -4.05. The van der Waals surface area contributed by atoms with Gasteiger partial charge in [-0.2, -0.15) is 4.31 Å². The molecule has 3 aromatic carbocycles. The molecule has 0 aromatic heterocycles. The molecule has 1 N–H and O–H groups in total. The van der Waals surface area contributed by atoms with E-state index in [1.165, 1.54) is 34.6 Å². The summed E-state index contributed by atoms with van der Waals surface area (Å²) in [5, 5.41) is 0. The molecular weight excluding hydrogens is 463 g/mol. The Morgan fingerprint density at radius 2 is 1.39 bits per heavy atom. The molecule has 1 atom stereocenters. The van der Waals surface area contributed by atoms with Crippen LogP contribution in [0.1, 0.15) is 31.4 Å². The van der Waals surface area contributed by atoms with Crippen molar-refractivity contribution in [1.82, 2.24) is 9.03 Å². The number of benzene rings is 3. The van der Waals surface area contributed by atoms with E-state index in [9.17, 15) is 21.2 Å². The van der Waals surface area contributed by atoms with Gasteiger partial charge in [0.1, 0.15) is 5.82 Å². The highest BCUT2D eigenvalue weighted by atomic mass is 32.2. The van der Waals surface area contributed by atoms with Crippen molar-refractivity contribution in [3.8, 4) is 0 Å². The Balaban J connectivity index is 1.94. The largest absolute Gasteiger partial charge is 0.243 e. The van der Waals surface area contributed by atoms with Gasteiger partial charge in [0.2, 0.25) is 20.0 Å². The van der Waals surface area contributed by atoms with Crippen LogP contribution in [0.3, 0.4) is 0 Å². The van der Waals surface area contributed by atoms with Gasteiger partial charge in [0.15, 0.2) is 0 Å². The average Bonchev–Trinajstić information content (AvgIpc) is 2.80. The van der Waals surface area contributed by atoms with Crippen LogP contribution in [0.15, 0.2) is 88.7 Å². The van der Waals surface area contributed by atoms with Crippen molar-refractivity contribution in [1.29, 1.82) is 0 Å². The Hall–Kier alpha value is -2.59. The van der Waals surface area contributed by atoms with E-state index in [4.69, 9.17) is 0 Å². The molecule has 9 heteroatoms. The van der Waals surface area contributed by atoms with Gasteiger partial charge in [-0.15, -0.1) is 0 Å². The molecule has 6 nitrogen and oxygen atoms in total. The summed E-state index contributed by atoms with van der Waals surface area (Å²) in [6, 6.07) is 19.8. The number of nitrogens with one attached hydrogen (secondary N) is 1. The van der Waals surface area contributed by atoms with Crippen LogP contribution in [-0.4, -0.2) is 27.2 Å².